The predicted octanol–water partition coefficient (Wildman–Crippen LogP) is 2.42. The van der Waals surface area contributed by atoms with Crippen molar-refractivity contribution >= 4 is 23.5 Å². The highest BCUT2D eigenvalue weighted by Gasteiger charge is 2.27. The largest absolute Gasteiger partial charge is 0.354 e. The average molecular weight is 482 g/mol. The number of aryl methyl sites for hydroxylation is 2. The van der Waals surface area contributed by atoms with Crippen LogP contribution in [0.25, 0.3) is 0 Å². The number of nitrogens with one attached hydrogen (secondary N) is 1. The van der Waals surface area contributed by atoms with Crippen LogP contribution >= 0.6 is 0 Å². The average Bonchev–Trinajstić information content (AvgIpc) is 3.08. The number of Topliss-reactive ketones (excluding diaryl/α,β-unsaturated/α-hetero) is 1. The van der Waals surface area contributed by atoms with Crippen molar-refractivity contribution in [1.82, 2.24) is 24.9 Å². The van der Waals surface area contributed by atoms with Crippen LogP contribution in [-0.2, 0) is 20.9 Å². The van der Waals surface area contributed by atoms with Crippen LogP contribution in [0.5, 0.6) is 0 Å². The Hall–Kier alpha value is -3.49. The van der Waals surface area contributed by atoms with Crippen LogP contribution in [0.1, 0.15) is 66.5 Å². The molecule has 1 atom stereocenters. The van der Waals surface area contributed by atoms with Crippen molar-refractivity contribution in [2.75, 3.05) is 26.2 Å². The molecule has 0 aliphatic carbocycles. The summed E-state index contributed by atoms with van der Waals surface area (Å²) in [5.41, 5.74) is 2.95. The highest BCUT2D eigenvalue weighted by molar-refractivity contribution is 5.96. The van der Waals surface area contributed by atoms with Gasteiger partial charge in [0.15, 0.2) is 5.78 Å². The standard InChI is InChI=1S/C26H35N5O4/c1-18-26(20(3)32)19(2)31(28-18)15-11-25(35)29-13-8-14-30(21(4)33)23(17-24(34)27-12-16-29)22-9-6-5-7-10-22/h5-7,9-10,23H,8,11-17H2,1-4H3,(H,27,34). The van der Waals surface area contributed by atoms with E-state index in [1.165, 1.54) is 13.8 Å². The Labute approximate surface area is 206 Å². The summed E-state index contributed by atoms with van der Waals surface area (Å²) in [6.45, 7) is 8.71. The first kappa shape index (κ1) is 26.1. The van der Waals surface area contributed by atoms with Crippen molar-refractivity contribution in [3.8, 4) is 0 Å². The summed E-state index contributed by atoms with van der Waals surface area (Å²) in [5, 5.41) is 7.33. The van der Waals surface area contributed by atoms with Crippen molar-refractivity contribution in [1.29, 1.82) is 0 Å². The number of hydrogen-bond acceptors (Lipinski definition) is 5. The smallest absolute Gasteiger partial charge is 0.224 e. The molecule has 3 rings (SSSR count). The number of aromatic nitrogens is 2. The van der Waals surface area contributed by atoms with Crippen molar-refractivity contribution < 1.29 is 19.2 Å². The Bertz CT molecular complexity index is 1080. The van der Waals surface area contributed by atoms with E-state index >= 15 is 0 Å². The van der Waals surface area contributed by atoms with Gasteiger partial charge in [-0.1, -0.05) is 30.3 Å². The Kier molecular flexibility index (Phi) is 8.78. The topological polar surface area (TPSA) is 105 Å². The molecule has 1 aromatic heterocycles. The van der Waals surface area contributed by atoms with E-state index in [4.69, 9.17) is 0 Å². The number of carbonyl (C=O) groups excluding carboxylic acids is 4. The lowest BCUT2D eigenvalue weighted by Gasteiger charge is -2.31. The highest BCUT2D eigenvalue weighted by Crippen LogP contribution is 2.25. The van der Waals surface area contributed by atoms with Crippen molar-refractivity contribution in [2.45, 2.75) is 59.5 Å². The highest BCUT2D eigenvalue weighted by atomic mass is 16.2. The number of nitrogens with zero attached hydrogens (tertiary/aromatic N) is 4. The molecule has 35 heavy (non-hydrogen) atoms. The lowest BCUT2D eigenvalue weighted by atomic mass is 10.0. The van der Waals surface area contributed by atoms with Crippen LogP contribution < -0.4 is 5.32 Å². The molecule has 1 unspecified atom stereocenters. The molecule has 2 aromatic rings. The summed E-state index contributed by atoms with van der Waals surface area (Å²) >= 11 is 0. The molecular weight excluding hydrogens is 446 g/mol. The lowest BCUT2D eigenvalue weighted by Crippen LogP contribution is -2.39. The molecular formula is C26H35N5O4. The van der Waals surface area contributed by atoms with Gasteiger partial charge in [0.2, 0.25) is 17.7 Å². The summed E-state index contributed by atoms with van der Waals surface area (Å²) in [5.74, 6) is -0.345. The van der Waals surface area contributed by atoms with Gasteiger partial charge in [0, 0.05) is 51.8 Å². The third-order valence-electron chi connectivity index (χ3n) is 6.50. The van der Waals surface area contributed by atoms with Gasteiger partial charge < -0.3 is 15.1 Å². The third kappa shape index (κ3) is 6.55. The zero-order chi connectivity index (χ0) is 25.5. The van der Waals surface area contributed by atoms with Crippen LogP contribution in [0.4, 0.5) is 0 Å². The van der Waals surface area contributed by atoms with Crippen LogP contribution in [0, 0.1) is 13.8 Å². The first-order valence-corrected chi connectivity index (χ1v) is 12.1. The first-order chi connectivity index (χ1) is 16.7. The predicted molar refractivity (Wildman–Crippen MR) is 132 cm³/mol. The Morgan fingerprint density at radius 2 is 1.77 bits per heavy atom. The minimum Gasteiger partial charge on any atom is -0.354 e. The molecule has 1 saturated heterocycles. The van der Waals surface area contributed by atoms with Crippen LogP contribution in [0.2, 0.25) is 0 Å². The van der Waals surface area contributed by atoms with E-state index in [0.29, 0.717) is 50.4 Å². The number of rotatable bonds is 5. The second-order valence-corrected chi connectivity index (χ2v) is 9.00. The van der Waals surface area contributed by atoms with Crippen molar-refractivity contribution in [2.24, 2.45) is 0 Å². The second kappa shape index (κ2) is 11.8. The zero-order valence-corrected chi connectivity index (χ0v) is 21.0. The van der Waals surface area contributed by atoms with E-state index in [2.05, 4.69) is 10.4 Å². The molecule has 1 aliphatic rings. The maximum atomic E-state index is 13.1. The monoisotopic (exact) mass is 481 g/mol. The molecule has 2 heterocycles. The molecule has 188 valence electrons. The molecule has 1 N–H and O–H groups in total. The Morgan fingerprint density at radius 1 is 1.06 bits per heavy atom. The minimum atomic E-state index is -0.350. The molecule has 9 heteroatoms. The van der Waals surface area contributed by atoms with E-state index in [-0.39, 0.29) is 42.4 Å². The molecule has 1 aliphatic heterocycles. The fourth-order valence-corrected chi connectivity index (χ4v) is 4.77. The first-order valence-electron chi connectivity index (χ1n) is 12.1. The van der Waals surface area contributed by atoms with Gasteiger partial charge in [-0.2, -0.15) is 5.10 Å². The van der Waals surface area contributed by atoms with E-state index in [1.54, 1.807) is 21.4 Å². The van der Waals surface area contributed by atoms with Crippen LogP contribution in [-0.4, -0.2) is 69.3 Å². The van der Waals surface area contributed by atoms with Gasteiger partial charge in [-0.05, 0) is 32.8 Å². The van der Waals surface area contributed by atoms with Gasteiger partial charge in [-0.25, -0.2) is 0 Å². The fourth-order valence-electron chi connectivity index (χ4n) is 4.77. The van der Waals surface area contributed by atoms with Gasteiger partial charge in [-0.3, -0.25) is 23.9 Å². The summed E-state index contributed by atoms with van der Waals surface area (Å²) in [6, 6.07) is 9.22. The fraction of sp³-hybridized carbons (Fsp3) is 0.500. The maximum absolute atomic E-state index is 13.1. The molecule has 1 aromatic carbocycles. The molecule has 0 spiro atoms. The maximum Gasteiger partial charge on any atom is 0.224 e. The number of carbonyl (C=O) groups is 4. The SMILES string of the molecule is CC(=O)c1c(C)nn(CCC(=O)N2CCCN(C(C)=O)C(c3ccccc3)CC(=O)NCC2)c1C. The molecule has 0 saturated carbocycles. The van der Waals surface area contributed by atoms with E-state index in [0.717, 1.165) is 11.3 Å². The van der Waals surface area contributed by atoms with Crippen LogP contribution in [0.15, 0.2) is 30.3 Å². The quantitative estimate of drug-likeness (QED) is 0.661. The summed E-state index contributed by atoms with van der Waals surface area (Å²) in [6.07, 6.45) is 1.02. The molecule has 0 radical (unpaired) electrons. The Morgan fingerprint density at radius 3 is 2.40 bits per heavy atom. The van der Waals surface area contributed by atoms with Crippen LogP contribution in [0.3, 0.4) is 0 Å². The zero-order valence-electron chi connectivity index (χ0n) is 21.0. The van der Waals surface area contributed by atoms with Crippen molar-refractivity contribution in [3.63, 3.8) is 0 Å². The molecule has 0 bridgehead atoms. The number of ketones is 1. The second-order valence-electron chi connectivity index (χ2n) is 9.00. The van der Waals surface area contributed by atoms with E-state index in [1.807, 2.05) is 37.3 Å². The normalized spacial score (nSPS) is 17.5. The summed E-state index contributed by atoms with van der Waals surface area (Å²) in [7, 11) is 0. The minimum absolute atomic E-state index is 0.0377. The lowest BCUT2D eigenvalue weighted by molar-refractivity contribution is -0.133. The van der Waals surface area contributed by atoms with Gasteiger partial charge in [0.25, 0.3) is 0 Å². The van der Waals surface area contributed by atoms with Gasteiger partial charge in [0.05, 0.1) is 23.7 Å². The number of hydrogen-bond donors (Lipinski definition) is 1. The summed E-state index contributed by atoms with van der Waals surface area (Å²) in [4.78, 5) is 53.6. The van der Waals surface area contributed by atoms with Gasteiger partial charge >= 0.3 is 0 Å². The van der Waals surface area contributed by atoms with E-state index in [9.17, 15) is 19.2 Å². The number of amides is 3. The molecule has 9 nitrogen and oxygen atoms in total. The summed E-state index contributed by atoms with van der Waals surface area (Å²) < 4.78 is 1.71. The van der Waals surface area contributed by atoms with E-state index < -0.39 is 0 Å². The van der Waals surface area contributed by atoms with Crippen molar-refractivity contribution in [3.05, 3.63) is 52.8 Å². The Balaban J connectivity index is 1.70. The molecule has 1 fully saturated rings. The van der Waals surface area contributed by atoms with Gasteiger partial charge in [-0.15, -0.1) is 0 Å². The number of benzene rings is 1. The molecule has 3 amide bonds. The van der Waals surface area contributed by atoms with Gasteiger partial charge in [0.1, 0.15) is 0 Å². The third-order valence-corrected chi connectivity index (χ3v) is 6.50.